The smallest absolute Gasteiger partial charge is 0.279 e. The third-order valence-electron chi connectivity index (χ3n) is 2.21. The standard InChI is InChI=1S/C11H26N4O2S/c1-9(2)7-14-18(16,17)15(8-10(3)4)6-5-11(12)13/h9-10,14H,5-8H2,1-4H3,(H3,12,13). The third kappa shape index (κ3) is 7.62. The van der Waals surface area contributed by atoms with Gasteiger partial charge in [0.15, 0.2) is 0 Å². The molecule has 18 heavy (non-hydrogen) atoms. The maximum atomic E-state index is 12.1. The van der Waals surface area contributed by atoms with Gasteiger partial charge in [0.1, 0.15) is 0 Å². The Morgan fingerprint density at radius 2 is 1.83 bits per heavy atom. The fraction of sp³-hybridized carbons (Fsp3) is 0.909. The molecule has 0 atom stereocenters. The first-order valence-electron chi connectivity index (χ1n) is 6.22. The van der Waals surface area contributed by atoms with Crippen molar-refractivity contribution in [1.29, 1.82) is 5.41 Å². The molecular weight excluding hydrogens is 252 g/mol. The van der Waals surface area contributed by atoms with Gasteiger partial charge in [-0.15, -0.1) is 0 Å². The van der Waals surface area contributed by atoms with E-state index in [9.17, 15) is 8.42 Å². The summed E-state index contributed by atoms with van der Waals surface area (Å²) < 4.78 is 28.1. The molecule has 0 amide bonds. The molecule has 108 valence electrons. The van der Waals surface area contributed by atoms with E-state index in [1.54, 1.807) is 0 Å². The number of nitrogens with two attached hydrogens (primary N) is 1. The zero-order valence-electron chi connectivity index (χ0n) is 11.7. The molecule has 0 rings (SSSR count). The largest absolute Gasteiger partial charge is 0.388 e. The zero-order chi connectivity index (χ0) is 14.3. The molecule has 0 aromatic heterocycles. The molecule has 7 heteroatoms. The van der Waals surface area contributed by atoms with Crippen molar-refractivity contribution in [2.45, 2.75) is 34.1 Å². The quantitative estimate of drug-likeness (QED) is 0.429. The van der Waals surface area contributed by atoms with Gasteiger partial charge >= 0.3 is 0 Å². The van der Waals surface area contributed by atoms with E-state index in [1.807, 2.05) is 27.7 Å². The summed E-state index contributed by atoms with van der Waals surface area (Å²) in [7, 11) is -3.48. The van der Waals surface area contributed by atoms with E-state index >= 15 is 0 Å². The third-order valence-corrected chi connectivity index (χ3v) is 3.76. The highest BCUT2D eigenvalue weighted by Crippen LogP contribution is 2.06. The highest BCUT2D eigenvalue weighted by atomic mass is 32.2. The molecule has 0 saturated heterocycles. The van der Waals surface area contributed by atoms with Gasteiger partial charge in [0.25, 0.3) is 10.2 Å². The first-order valence-corrected chi connectivity index (χ1v) is 7.66. The topological polar surface area (TPSA) is 99.3 Å². The number of amidine groups is 1. The van der Waals surface area contributed by atoms with E-state index in [0.29, 0.717) is 13.1 Å². The van der Waals surface area contributed by atoms with Crippen LogP contribution in [-0.2, 0) is 10.2 Å². The molecule has 0 aliphatic heterocycles. The first kappa shape index (κ1) is 17.3. The van der Waals surface area contributed by atoms with Crippen LogP contribution in [0.4, 0.5) is 0 Å². The fourth-order valence-corrected chi connectivity index (χ4v) is 2.88. The molecule has 0 saturated carbocycles. The molecule has 0 aliphatic rings. The molecule has 0 spiro atoms. The minimum atomic E-state index is -3.48. The minimum Gasteiger partial charge on any atom is -0.388 e. The molecule has 6 nitrogen and oxygen atoms in total. The highest BCUT2D eigenvalue weighted by molar-refractivity contribution is 7.87. The molecule has 0 fully saturated rings. The predicted molar refractivity (Wildman–Crippen MR) is 74.7 cm³/mol. The van der Waals surface area contributed by atoms with Gasteiger partial charge in [-0.2, -0.15) is 12.7 Å². The Balaban J connectivity index is 4.65. The number of rotatable bonds is 9. The van der Waals surface area contributed by atoms with Crippen molar-refractivity contribution >= 4 is 16.0 Å². The van der Waals surface area contributed by atoms with Crippen molar-refractivity contribution < 1.29 is 8.42 Å². The first-order chi connectivity index (χ1) is 8.15. The lowest BCUT2D eigenvalue weighted by Gasteiger charge is -2.24. The SMILES string of the molecule is CC(C)CNS(=O)(=O)N(CCC(=N)N)CC(C)C. The van der Waals surface area contributed by atoms with Gasteiger partial charge in [0.05, 0.1) is 5.84 Å². The normalized spacial score (nSPS) is 12.6. The monoisotopic (exact) mass is 278 g/mol. The summed E-state index contributed by atoms with van der Waals surface area (Å²) in [6.07, 6.45) is 0.259. The molecule has 0 aliphatic carbocycles. The van der Waals surface area contributed by atoms with E-state index in [1.165, 1.54) is 4.31 Å². The Hall–Kier alpha value is -0.660. The molecule has 0 aromatic rings. The van der Waals surface area contributed by atoms with Crippen LogP contribution in [0.5, 0.6) is 0 Å². The van der Waals surface area contributed by atoms with Gasteiger partial charge < -0.3 is 5.73 Å². The van der Waals surface area contributed by atoms with Crippen LogP contribution >= 0.6 is 0 Å². The second-order valence-corrected chi connectivity index (χ2v) is 7.03. The van der Waals surface area contributed by atoms with Gasteiger partial charge in [-0.05, 0) is 11.8 Å². The second kappa shape index (κ2) is 7.70. The lowest BCUT2D eigenvalue weighted by molar-refractivity contribution is 0.366. The number of hydrogen-bond acceptors (Lipinski definition) is 3. The van der Waals surface area contributed by atoms with Crippen LogP contribution in [0.2, 0.25) is 0 Å². The van der Waals surface area contributed by atoms with Gasteiger partial charge in [0.2, 0.25) is 0 Å². The van der Waals surface area contributed by atoms with Crippen LogP contribution in [0.25, 0.3) is 0 Å². The van der Waals surface area contributed by atoms with E-state index in [2.05, 4.69) is 4.72 Å². The second-order valence-electron chi connectivity index (χ2n) is 5.27. The lowest BCUT2D eigenvalue weighted by Crippen LogP contribution is -2.44. The summed E-state index contributed by atoms with van der Waals surface area (Å²) in [4.78, 5) is 0. The minimum absolute atomic E-state index is 0.00261. The predicted octanol–water partition coefficient (Wildman–Crippen LogP) is 0.761. The Morgan fingerprint density at radius 3 is 2.22 bits per heavy atom. The molecule has 0 heterocycles. The Bertz CT molecular complexity index is 352. The number of nitrogens with zero attached hydrogens (tertiary/aromatic N) is 1. The van der Waals surface area contributed by atoms with Crippen molar-refractivity contribution in [3.05, 3.63) is 0 Å². The summed E-state index contributed by atoms with van der Waals surface area (Å²) in [6, 6.07) is 0. The molecule has 4 N–H and O–H groups in total. The number of nitrogens with one attached hydrogen (secondary N) is 2. The van der Waals surface area contributed by atoms with Crippen molar-refractivity contribution in [3.8, 4) is 0 Å². The van der Waals surface area contributed by atoms with E-state index in [4.69, 9.17) is 11.1 Å². The van der Waals surface area contributed by atoms with Gasteiger partial charge in [-0.3, -0.25) is 5.41 Å². The molecule has 0 aromatic carbocycles. The average Bonchev–Trinajstić information content (AvgIpc) is 2.20. The van der Waals surface area contributed by atoms with Crippen LogP contribution in [-0.4, -0.2) is 38.2 Å². The average molecular weight is 278 g/mol. The van der Waals surface area contributed by atoms with E-state index < -0.39 is 10.2 Å². The molecular formula is C11H26N4O2S. The van der Waals surface area contributed by atoms with Crippen LogP contribution < -0.4 is 10.5 Å². The van der Waals surface area contributed by atoms with Gasteiger partial charge in [-0.1, -0.05) is 27.7 Å². The van der Waals surface area contributed by atoms with E-state index in [-0.39, 0.29) is 30.6 Å². The summed E-state index contributed by atoms with van der Waals surface area (Å²) in [5, 5.41) is 7.18. The summed E-state index contributed by atoms with van der Waals surface area (Å²) in [5.74, 6) is 0.490. The lowest BCUT2D eigenvalue weighted by atomic mass is 10.2. The maximum absolute atomic E-state index is 12.1. The summed E-state index contributed by atoms with van der Waals surface area (Å²) >= 11 is 0. The molecule has 0 radical (unpaired) electrons. The van der Waals surface area contributed by atoms with Crippen LogP contribution in [0.15, 0.2) is 0 Å². The number of hydrogen-bond donors (Lipinski definition) is 3. The Labute approximate surface area is 111 Å². The van der Waals surface area contributed by atoms with Crippen LogP contribution in [0.3, 0.4) is 0 Å². The molecule has 0 unspecified atom stereocenters. The van der Waals surface area contributed by atoms with Crippen molar-refractivity contribution in [2.75, 3.05) is 19.6 Å². The highest BCUT2D eigenvalue weighted by Gasteiger charge is 2.22. The van der Waals surface area contributed by atoms with Gasteiger partial charge in [-0.25, -0.2) is 4.72 Å². The summed E-state index contributed by atoms with van der Waals surface area (Å²) in [5.41, 5.74) is 5.28. The van der Waals surface area contributed by atoms with Gasteiger partial charge in [0, 0.05) is 26.1 Å². The Morgan fingerprint density at radius 1 is 1.28 bits per heavy atom. The van der Waals surface area contributed by atoms with Crippen LogP contribution in [0, 0.1) is 17.2 Å². The fourth-order valence-electron chi connectivity index (χ4n) is 1.33. The molecule has 0 bridgehead atoms. The van der Waals surface area contributed by atoms with Crippen LogP contribution in [0.1, 0.15) is 34.1 Å². The zero-order valence-corrected chi connectivity index (χ0v) is 12.5. The van der Waals surface area contributed by atoms with E-state index in [0.717, 1.165) is 0 Å². The van der Waals surface area contributed by atoms with Crippen molar-refractivity contribution in [1.82, 2.24) is 9.03 Å². The van der Waals surface area contributed by atoms with Crippen molar-refractivity contribution in [3.63, 3.8) is 0 Å². The maximum Gasteiger partial charge on any atom is 0.279 e. The summed E-state index contributed by atoms with van der Waals surface area (Å²) in [6.45, 7) is 8.91. The van der Waals surface area contributed by atoms with Crippen molar-refractivity contribution in [2.24, 2.45) is 17.6 Å². The Kier molecular flexibility index (Phi) is 7.42.